The van der Waals surface area contributed by atoms with E-state index in [1.807, 2.05) is 0 Å². The Balaban J connectivity index is 1.75. The summed E-state index contributed by atoms with van der Waals surface area (Å²) in [5.74, 6) is 0. The van der Waals surface area contributed by atoms with Crippen LogP contribution < -0.4 is 10.7 Å². The smallest absolute Gasteiger partial charge is 0.334 e. The fourth-order valence-corrected chi connectivity index (χ4v) is 2.11. The second kappa shape index (κ2) is 3.01. The maximum atomic E-state index is 10.8. The van der Waals surface area contributed by atoms with Crippen LogP contribution in [0, 0.1) is 5.41 Å². The highest BCUT2D eigenvalue weighted by atomic mass is 16.2. The molecule has 0 aromatic carbocycles. The predicted molar refractivity (Wildman–Crippen MR) is 50.5 cm³/mol. The molecule has 2 fully saturated rings. The molecule has 0 aromatic rings. The van der Waals surface area contributed by atoms with Crippen LogP contribution in [0.15, 0.2) is 5.10 Å². The van der Waals surface area contributed by atoms with E-state index in [0.717, 1.165) is 18.6 Å². The summed E-state index contributed by atoms with van der Waals surface area (Å²) >= 11 is 0. The third-order valence-corrected chi connectivity index (χ3v) is 3.11. The molecule has 2 N–H and O–H groups in total. The fraction of sp³-hybridized carbons (Fsp3) is 0.778. The van der Waals surface area contributed by atoms with Crippen molar-refractivity contribution in [2.24, 2.45) is 10.5 Å². The number of hydrogen-bond acceptors (Lipinski definition) is 2. The third-order valence-electron chi connectivity index (χ3n) is 3.11. The lowest BCUT2D eigenvalue weighted by atomic mass is 9.55. The van der Waals surface area contributed by atoms with Crippen LogP contribution in [0.4, 0.5) is 4.79 Å². The van der Waals surface area contributed by atoms with E-state index in [1.165, 1.54) is 19.3 Å². The van der Waals surface area contributed by atoms with Gasteiger partial charge in [-0.15, -0.1) is 0 Å². The van der Waals surface area contributed by atoms with Crippen molar-refractivity contribution >= 4 is 11.7 Å². The van der Waals surface area contributed by atoms with Crippen LogP contribution in [0.2, 0.25) is 0 Å². The van der Waals surface area contributed by atoms with E-state index >= 15 is 0 Å². The number of carbonyl (C=O) groups is 1. The molecular weight excluding hydrogens is 166 g/mol. The number of nitrogens with zero attached hydrogens (tertiary/aromatic N) is 1. The van der Waals surface area contributed by atoms with E-state index in [2.05, 4.69) is 15.8 Å². The van der Waals surface area contributed by atoms with Crippen LogP contribution in [0.25, 0.3) is 0 Å². The molecule has 2 aliphatic rings. The van der Waals surface area contributed by atoms with Crippen molar-refractivity contribution in [1.82, 2.24) is 10.7 Å². The fourth-order valence-electron chi connectivity index (χ4n) is 2.11. The van der Waals surface area contributed by atoms with Crippen LogP contribution in [-0.4, -0.2) is 18.8 Å². The zero-order valence-electron chi connectivity index (χ0n) is 7.89. The lowest BCUT2D eigenvalue weighted by Gasteiger charge is -2.49. The average Bonchev–Trinajstić information content (AvgIpc) is 1.98. The van der Waals surface area contributed by atoms with Crippen molar-refractivity contribution in [2.45, 2.75) is 32.1 Å². The Morgan fingerprint density at radius 3 is 2.62 bits per heavy atom. The minimum absolute atomic E-state index is 0.234. The molecular formula is C9H15N3O. The molecule has 2 saturated carbocycles. The molecule has 2 aliphatic carbocycles. The van der Waals surface area contributed by atoms with Gasteiger partial charge in [-0.05, 0) is 31.1 Å². The zero-order valence-corrected chi connectivity index (χ0v) is 7.89. The lowest BCUT2D eigenvalue weighted by Crippen LogP contribution is -2.44. The Morgan fingerprint density at radius 2 is 2.15 bits per heavy atom. The molecule has 0 aromatic heterocycles. The highest BCUT2D eigenvalue weighted by Crippen LogP contribution is 2.54. The van der Waals surface area contributed by atoms with Gasteiger partial charge in [0.15, 0.2) is 0 Å². The summed E-state index contributed by atoms with van der Waals surface area (Å²) in [5.41, 5.74) is 4.20. The van der Waals surface area contributed by atoms with Gasteiger partial charge >= 0.3 is 6.03 Å². The van der Waals surface area contributed by atoms with E-state index < -0.39 is 0 Å². The van der Waals surface area contributed by atoms with E-state index in [0.29, 0.717) is 5.41 Å². The standard InChI is InChI=1S/C9H15N3O/c1-10-8(13)12-11-7-5-9(6-7)3-2-4-9/h2-6H2,1H3,(H2,10,12,13). The minimum Gasteiger partial charge on any atom is -0.340 e. The molecule has 2 amide bonds. The first-order valence-corrected chi connectivity index (χ1v) is 4.77. The molecule has 72 valence electrons. The van der Waals surface area contributed by atoms with Crippen molar-refractivity contribution in [3.8, 4) is 0 Å². The molecule has 0 radical (unpaired) electrons. The second-order valence-corrected chi connectivity index (χ2v) is 4.08. The van der Waals surface area contributed by atoms with Gasteiger partial charge in [-0.25, -0.2) is 10.2 Å². The Labute approximate surface area is 77.8 Å². The third kappa shape index (κ3) is 1.53. The molecule has 13 heavy (non-hydrogen) atoms. The van der Waals surface area contributed by atoms with Crippen molar-refractivity contribution < 1.29 is 4.79 Å². The van der Waals surface area contributed by atoms with Crippen LogP contribution in [0.5, 0.6) is 0 Å². The number of urea groups is 1. The first kappa shape index (κ1) is 8.53. The molecule has 0 saturated heterocycles. The number of carbonyl (C=O) groups excluding carboxylic acids is 1. The van der Waals surface area contributed by atoms with Gasteiger partial charge in [0, 0.05) is 12.8 Å². The van der Waals surface area contributed by atoms with Crippen LogP contribution >= 0.6 is 0 Å². The highest BCUT2D eigenvalue weighted by Gasteiger charge is 2.46. The SMILES string of the molecule is CNC(=O)NN=C1CC2(CCC2)C1. The quantitative estimate of drug-likeness (QED) is 0.587. The molecule has 0 aliphatic heterocycles. The Morgan fingerprint density at radius 1 is 1.46 bits per heavy atom. The Kier molecular flexibility index (Phi) is 1.98. The number of nitrogens with one attached hydrogen (secondary N) is 2. The summed E-state index contributed by atoms with van der Waals surface area (Å²) in [6.07, 6.45) is 6.27. The topological polar surface area (TPSA) is 53.5 Å². The average molecular weight is 181 g/mol. The van der Waals surface area contributed by atoms with Gasteiger partial charge in [0.1, 0.15) is 0 Å². The van der Waals surface area contributed by atoms with Gasteiger partial charge in [-0.3, -0.25) is 0 Å². The van der Waals surface area contributed by atoms with Crippen LogP contribution in [0.1, 0.15) is 32.1 Å². The van der Waals surface area contributed by atoms with Gasteiger partial charge in [0.05, 0.1) is 0 Å². The summed E-state index contributed by atoms with van der Waals surface area (Å²) in [6.45, 7) is 0. The van der Waals surface area contributed by atoms with E-state index in [1.54, 1.807) is 7.05 Å². The molecule has 4 nitrogen and oxygen atoms in total. The second-order valence-electron chi connectivity index (χ2n) is 4.08. The van der Waals surface area contributed by atoms with E-state index in [-0.39, 0.29) is 6.03 Å². The molecule has 2 rings (SSSR count). The normalized spacial score (nSPS) is 23.0. The van der Waals surface area contributed by atoms with Gasteiger partial charge in [0.25, 0.3) is 0 Å². The molecule has 0 atom stereocenters. The summed E-state index contributed by atoms with van der Waals surface area (Å²) in [6, 6.07) is -0.234. The van der Waals surface area contributed by atoms with Crippen molar-refractivity contribution in [1.29, 1.82) is 0 Å². The summed E-state index contributed by atoms with van der Waals surface area (Å²) in [7, 11) is 1.59. The predicted octanol–water partition coefficient (Wildman–Crippen LogP) is 1.24. The first-order valence-electron chi connectivity index (χ1n) is 4.77. The maximum Gasteiger partial charge on any atom is 0.334 e. The van der Waals surface area contributed by atoms with E-state index in [9.17, 15) is 4.79 Å². The Hall–Kier alpha value is -1.06. The summed E-state index contributed by atoms with van der Waals surface area (Å²) in [4.78, 5) is 10.8. The molecule has 4 heteroatoms. The maximum absolute atomic E-state index is 10.8. The summed E-state index contributed by atoms with van der Waals surface area (Å²) < 4.78 is 0. The van der Waals surface area contributed by atoms with Crippen LogP contribution in [-0.2, 0) is 0 Å². The van der Waals surface area contributed by atoms with Gasteiger partial charge in [-0.2, -0.15) is 5.10 Å². The number of rotatable bonds is 1. The zero-order chi connectivity index (χ0) is 9.31. The van der Waals surface area contributed by atoms with E-state index in [4.69, 9.17) is 0 Å². The van der Waals surface area contributed by atoms with Crippen molar-refractivity contribution in [3.63, 3.8) is 0 Å². The first-order chi connectivity index (χ1) is 6.24. The molecule has 0 bridgehead atoms. The minimum atomic E-state index is -0.234. The largest absolute Gasteiger partial charge is 0.340 e. The lowest BCUT2D eigenvalue weighted by molar-refractivity contribution is 0.118. The summed E-state index contributed by atoms with van der Waals surface area (Å²) in [5, 5.41) is 6.49. The van der Waals surface area contributed by atoms with Crippen molar-refractivity contribution in [2.75, 3.05) is 7.05 Å². The van der Waals surface area contributed by atoms with Crippen LogP contribution in [0.3, 0.4) is 0 Å². The molecule has 0 heterocycles. The monoisotopic (exact) mass is 181 g/mol. The van der Waals surface area contributed by atoms with Crippen molar-refractivity contribution in [3.05, 3.63) is 0 Å². The number of hydrazone groups is 1. The number of hydrogen-bond donors (Lipinski definition) is 2. The molecule has 0 unspecified atom stereocenters. The van der Waals surface area contributed by atoms with Gasteiger partial charge < -0.3 is 5.32 Å². The molecule has 1 spiro atoms. The Bertz CT molecular complexity index is 246. The van der Waals surface area contributed by atoms with Gasteiger partial charge in [-0.1, -0.05) is 6.42 Å². The number of amides is 2. The van der Waals surface area contributed by atoms with Gasteiger partial charge in [0.2, 0.25) is 0 Å². The highest BCUT2D eigenvalue weighted by molar-refractivity contribution is 5.92.